The van der Waals surface area contributed by atoms with Gasteiger partial charge in [-0.15, -0.1) is 0 Å². The second-order valence-electron chi connectivity index (χ2n) is 3.13. The molecule has 6 heteroatoms. The van der Waals surface area contributed by atoms with Gasteiger partial charge in [0.25, 0.3) is 0 Å². The van der Waals surface area contributed by atoms with Gasteiger partial charge in [0, 0.05) is 24.2 Å². The van der Waals surface area contributed by atoms with E-state index in [0.29, 0.717) is 16.7 Å². The molecule has 0 aromatic carbocycles. The van der Waals surface area contributed by atoms with Crippen LogP contribution in [0.4, 0.5) is 0 Å². The van der Waals surface area contributed by atoms with Crippen molar-refractivity contribution in [2.75, 3.05) is 0 Å². The van der Waals surface area contributed by atoms with E-state index < -0.39 is 0 Å². The van der Waals surface area contributed by atoms with Gasteiger partial charge in [-0.3, -0.25) is 4.57 Å². The zero-order valence-corrected chi connectivity index (χ0v) is 9.61. The van der Waals surface area contributed by atoms with Crippen molar-refractivity contribution >= 4 is 23.2 Å². The average Bonchev–Trinajstić information content (AvgIpc) is 2.25. The Hall–Kier alpha value is -1.39. The minimum atomic E-state index is -0.325. The van der Waals surface area contributed by atoms with Gasteiger partial charge < -0.3 is 0 Å². The highest BCUT2D eigenvalue weighted by atomic mass is 35.5. The normalized spacial score (nSPS) is 10.4. The highest BCUT2D eigenvalue weighted by Gasteiger charge is 2.04. The van der Waals surface area contributed by atoms with Crippen LogP contribution in [0.15, 0.2) is 35.5 Å². The van der Waals surface area contributed by atoms with E-state index in [1.165, 1.54) is 10.8 Å². The molecule has 0 fully saturated rings. The predicted molar refractivity (Wildman–Crippen MR) is 61.9 cm³/mol. The fourth-order valence-corrected chi connectivity index (χ4v) is 1.67. The Bertz CT molecular complexity index is 568. The quantitative estimate of drug-likeness (QED) is 0.772. The van der Waals surface area contributed by atoms with Crippen molar-refractivity contribution in [2.45, 2.75) is 6.54 Å². The summed E-state index contributed by atoms with van der Waals surface area (Å²) >= 11 is 11.6. The molecule has 0 amide bonds. The van der Waals surface area contributed by atoms with Gasteiger partial charge in [-0.25, -0.2) is 14.8 Å². The minimum absolute atomic E-state index is 0.325. The third kappa shape index (κ3) is 2.40. The molecule has 0 bridgehead atoms. The topological polar surface area (TPSA) is 47.8 Å². The average molecular weight is 256 g/mol. The van der Waals surface area contributed by atoms with Crippen LogP contribution in [-0.4, -0.2) is 14.5 Å². The van der Waals surface area contributed by atoms with E-state index in [-0.39, 0.29) is 5.69 Å². The molecule has 2 aromatic rings. The number of pyridine rings is 1. The predicted octanol–water partition coefficient (Wildman–Crippen LogP) is 1.99. The third-order valence-corrected chi connectivity index (χ3v) is 2.58. The number of aromatic nitrogens is 3. The molecule has 0 spiro atoms. The van der Waals surface area contributed by atoms with Crippen LogP contribution in [0, 0.1) is 0 Å². The van der Waals surface area contributed by atoms with Gasteiger partial charge in [0.15, 0.2) is 0 Å². The molecule has 82 valence electrons. The molecular formula is C10H7Cl2N3O. The van der Waals surface area contributed by atoms with Crippen molar-refractivity contribution < 1.29 is 0 Å². The number of nitrogens with zero attached hydrogens (tertiary/aromatic N) is 3. The molecule has 4 nitrogen and oxygen atoms in total. The van der Waals surface area contributed by atoms with Crippen LogP contribution < -0.4 is 5.69 Å². The van der Waals surface area contributed by atoms with Crippen molar-refractivity contribution in [1.82, 2.24) is 14.5 Å². The minimum Gasteiger partial charge on any atom is -0.295 e. The maximum atomic E-state index is 11.4. The van der Waals surface area contributed by atoms with Gasteiger partial charge in [-0.2, -0.15) is 0 Å². The summed E-state index contributed by atoms with van der Waals surface area (Å²) in [7, 11) is 0. The van der Waals surface area contributed by atoms with E-state index in [9.17, 15) is 4.79 Å². The lowest BCUT2D eigenvalue weighted by molar-refractivity contribution is 0.724. The molecule has 2 aromatic heterocycles. The van der Waals surface area contributed by atoms with Gasteiger partial charge >= 0.3 is 5.69 Å². The molecular weight excluding hydrogens is 249 g/mol. The van der Waals surface area contributed by atoms with Crippen LogP contribution in [0.5, 0.6) is 0 Å². The molecule has 0 atom stereocenters. The Morgan fingerprint density at radius 3 is 2.81 bits per heavy atom. The van der Waals surface area contributed by atoms with Gasteiger partial charge in [0.2, 0.25) is 0 Å². The first-order chi connectivity index (χ1) is 7.66. The summed E-state index contributed by atoms with van der Waals surface area (Å²) in [5.41, 5.74) is 0.398. The first-order valence-electron chi connectivity index (χ1n) is 4.48. The largest absolute Gasteiger partial charge is 0.347 e. The summed E-state index contributed by atoms with van der Waals surface area (Å²) in [6.45, 7) is 0.329. The van der Waals surface area contributed by atoms with E-state index >= 15 is 0 Å². The zero-order chi connectivity index (χ0) is 11.5. The maximum absolute atomic E-state index is 11.4. The first kappa shape index (κ1) is 11.1. The maximum Gasteiger partial charge on any atom is 0.347 e. The Balaban J connectivity index is 2.35. The fraction of sp³-hybridized carbons (Fsp3) is 0.100. The molecule has 0 saturated carbocycles. The SMILES string of the molecule is O=c1ncccn1Cc1cnc(Cl)cc1Cl. The molecule has 0 aliphatic heterocycles. The summed E-state index contributed by atoms with van der Waals surface area (Å²) in [4.78, 5) is 18.9. The van der Waals surface area contributed by atoms with E-state index in [1.54, 1.807) is 24.5 Å². The van der Waals surface area contributed by atoms with Gasteiger partial charge in [-0.05, 0) is 12.1 Å². The van der Waals surface area contributed by atoms with Crippen molar-refractivity contribution in [2.24, 2.45) is 0 Å². The number of rotatable bonds is 2. The van der Waals surface area contributed by atoms with E-state index in [1.807, 2.05) is 0 Å². The second-order valence-corrected chi connectivity index (χ2v) is 3.92. The molecule has 0 radical (unpaired) electrons. The highest BCUT2D eigenvalue weighted by Crippen LogP contribution is 2.18. The molecule has 0 unspecified atom stereocenters. The van der Waals surface area contributed by atoms with E-state index in [0.717, 1.165) is 5.56 Å². The molecule has 0 aliphatic carbocycles. The van der Waals surface area contributed by atoms with Crippen molar-refractivity contribution in [1.29, 1.82) is 0 Å². The highest BCUT2D eigenvalue weighted by molar-refractivity contribution is 6.34. The zero-order valence-electron chi connectivity index (χ0n) is 8.10. The number of hydrogen-bond donors (Lipinski definition) is 0. The van der Waals surface area contributed by atoms with Gasteiger partial charge in [0.05, 0.1) is 11.6 Å². The van der Waals surface area contributed by atoms with Crippen LogP contribution in [-0.2, 0) is 6.54 Å². The summed E-state index contributed by atoms with van der Waals surface area (Å²) in [5, 5.41) is 0.808. The van der Waals surface area contributed by atoms with Crippen LogP contribution in [0.1, 0.15) is 5.56 Å². The molecule has 0 N–H and O–H groups in total. The van der Waals surface area contributed by atoms with Crippen LogP contribution in [0.2, 0.25) is 10.2 Å². The molecule has 2 heterocycles. The molecule has 0 aliphatic rings. The fourth-order valence-electron chi connectivity index (χ4n) is 1.24. The lowest BCUT2D eigenvalue weighted by Crippen LogP contribution is -2.22. The lowest BCUT2D eigenvalue weighted by Gasteiger charge is -2.05. The van der Waals surface area contributed by atoms with Crippen LogP contribution in [0.25, 0.3) is 0 Å². The van der Waals surface area contributed by atoms with E-state index in [2.05, 4.69) is 9.97 Å². The Morgan fingerprint density at radius 1 is 1.31 bits per heavy atom. The van der Waals surface area contributed by atoms with Gasteiger partial charge in [-0.1, -0.05) is 23.2 Å². The Kier molecular flexibility index (Phi) is 3.22. The van der Waals surface area contributed by atoms with Crippen molar-refractivity contribution in [3.63, 3.8) is 0 Å². The van der Waals surface area contributed by atoms with E-state index in [4.69, 9.17) is 23.2 Å². The summed E-state index contributed by atoms with van der Waals surface area (Å²) in [5.74, 6) is 0. The summed E-state index contributed by atoms with van der Waals surface area (Å²) < 4.78 is 1.44. The standard InChI is InChI=1S/C10H7Cl2N3O/c11-8-4-9(12)14-5-7(8)6-15-3-1-2-13-10(15)16/h1-5H,6H2. The third-order valence-electron chi connectivity index (χ3n) is 2.02. The number of hydrogen-bond acceptors (Lipinski definition) is 3. The molecule has 0 saturated heterocycles. The van der Waals surface area contributed by atoms with Crippen molar-refractivity contribution in [3.05, 3.63) is 56.9 Å². The molecule has 2 rings (SSSR count). The first-order valence-corrected chi connectivity index (χ1v) is 5.24. The van der Waals surface area contributed by atoms with Gasteiger partial charge in [0.1, 0.15) is 5.15 Å². The Morgan fingerprint density at radius 2 is 2.12 bits per heavy atom. The molecule has 16 heavy (non-hydrogen) atoms. The van der Waals surface area contributed by atoms with Crippen LogP contribution in [0.3, 0.4) is 0 Å². The number of halogens is 2. The summed E-state index contributed by atoms with van der Waals surface area (Å²) in [6.07, 6.45) is 4.63. The van der Waals surface area contributed by atoms with Crippen molar-refractivity contribution in [3.8, 4) is 0 Å². The second kappa shape index (κ2) is 4.63. The smallest absolute Gasteiger partial charge is 0.295 e. The lowest BCUT2D eigenvalue weighted by atomic mass is 10.3. The Labute approximate surface area is 101 Å². The monoisotopic (exact) mass is 255 g/mol. The van der Waals surface area contributed by atoms with Crippen LogP contribution >= 0.6 is 23.2 Å². The summed E-state index contributed by atoms with van der Waals surface area (Å²) in [6, 6.07) is 3.22.